The Labute approximate surface area is 167 Å². The minimum Gasteiger partial charge on any atom is -0.293 e. The van der Waals surface area contributed by atoms with Crippen molar-refractivity contribution in [3.63, 3.8) is 0 Å². The topological polar surface area (TPSA) is 43.1 Å². The van der Waals surface area contributed by atoms with Gasteiger partial charge in [-0.25, -0.2) is 4.68 Å². The van der Waals surface area contributed by atoms with Crippen molar-refractivity contribution >= 4 is 23.3 Å². The minimum absolute atomic E-state index is 0. The van der Waals surface area contributed by atoms with E-state index >= 15 is 0 Å². The molecule has 0 aromatic carbocycles. The number of aryl methyl sites for hydroxylation is 2. The molecule has 26 heavy (non-hydrogen) atoms. The van der Waals surface area contributed by atoms with E-state index in [0.29, 0.717) is 0 Å². The van der Waals surface area contributed by atoms with E-state index in [1.54, 1.807) is 24.8 Å². The van der Waals surface area contributed by atoms with Crippen LogP contribution >= 0.6 is 12.2 Å². The van der Waals surface area contributed by atoms with Gasteiger partial charge in [0.15, 0.2) is 0 Å². The maximum absolute atomic E-state index is 4.52. The molecule has 2 aromatic rings. The van der Waals surface area contributed by atoms with Crippen LogP contribution < -0.4 is 0 Å². The Hall–Kier alpha value is -1.88. The van der Waals surface area contributed by atoms with Crippen LogP contribution in [-0.2, 0) is 0 Å². The van der Waals surface area contributed by atoms with E-state index in [0.717, 1.165) is 17.1 Å². The highest BCUT2D eigenvalue weighted by atomic mass is 32.1. The summed E-state index contributed by atoms with van der Waals surface area (Å²) in [6, 6.07) is 3.89. The molecule has 0 fully saturated rings. The van der Waals surface area contributed by atoms with Gasteiger partial charge in [0.05, 0.1) is 17.6 Å². The third kappa shape index (κ3) is 14.5. The van der Waals surface area contributed by atoms with Crippen LogP contribution in [0.25, 0.3) is 5.69 Å². The molecule has 0 aliphatic heterocycles. The molecule has 0 radical (unpaired) electrons. The molecule has 5 heteroatoms. The van der Waals surface area contributed by atoms with E-state index in [-0.39, 0.29) is 7.43 Å². The lowest BCUT2D eigenvalue weighted by Crippen LogP contribution is -1.94. The quantitative estimate of drug-likeness (QED) is 0.431. The molecule has 0 amide bonds. The molecule has 0 aliphatic rings. The number of aliphatic imine (C=N–C) groups is 1. The van der Waals surface area contributed by atoms with E-state index in [2.05, 4.69) is 34.2 Å². The van der Waals surface area contributed by atoms with Crippen molar-refractivity contribution in [1.29, 1.82) is 0 Å². The Morgan fingerprint density at radius 3 is 1.92 bits per heavy atom. The molecular formula is C21H40N4S. The second-order valence-corrected chi connectivity index (χ2v) is 4.27. The van der Waals surface area contributed by atoms with Crippen LogP contribution in [-0.4, -0.2) is 32.9 Å². The molecule has 2 rings (SSSR count). The van der Waals surface area contributed by atoms with Crippen LogP contribution in [0.15, 0.2) is 35.7 Å². The molecule has 150 valence electrons. The highest BCUT2D eigenvalue weighted by molar-refractivity contribution is 7.80. The van der Waals surface area contributed by atoms with Crippen molar-refractivity contribution in [3.8, 4) is 5.69 Å². The monoisotopic (exact) mass is 380 g/mol. The van der Waals surface area contributed by atoms with Crippen molar-refractivity contribution in [2.24, 2.45) is 4.99 Å². The van der Waals surface area contributed by atoms with Gasteiger partial charge in [-0.3, -0.25) is 9.98 Å². The van der Waals surface area contributed by atoms with Crippen molar-refractivity contribution in [2.75, 3.05) is 7.05 Å². The van der Waals surface area contributed by atoms with Crippen molar-refractivity contribution < 1.29 is 0 Å². The molecule has 0 aliphatic carbocycles. The van der Waals surface area contributed by atoms with Gasteiger partial charge in [0.2, 0.25) is 0 Å². The summed E-state index contributed by atoms with van der Waals surface area (Å²) in [5, 5.41) is 5.91. The summed E-state index contributed by atoms with van der Waals surface area (Å²) >= 11 is 4.52. The Bertz CT molecular complexity index is 541. The molecule has 2 aromatic heterocycles. The van der Waals surface area contributed by atoms with Gasteiger partial charge in [-0.1, -0.05) is 61.2 Å². The summed E-state index contributed by atoms with van der Waals surface area (Å²) in [4.78, 5) is 7.80. The normalized spacial score (nSPS) is 8.46. The SMILES string of the molecule is C.CC.CC.CC.CN=C(C)C=S.Cc1cn(-c2cccnc2)nc1C. The molecule has 0 spiro atoms. The predicted molar refractivity (Wildman–Crippen MR) is 124 cm³/mol. The second-order valence-electron chi connectivity index (χ2n) is 4.04. The first-order valence-corrected chi connectivity index (χ1v) is 9.37. The predicted octanol–water partition coefficient (Wildman–Crippen LogP) is 6.68. The maximum Gasteiger partial charge on any atom is 0.0828 e. The van der Waals surface area contributed by atoms with Crippen LogP contribution in [0.1, 0.15) is 67.2 Å². The Morgan fingerprint density at radius 2 is 1.65 bits per heavy atom. The first-order chi connectivity index (χ1) is 12.1. The van der Waals surface area contributed by atoms with E-state index in [4.69, 9.17) is 0 Å². The molecule has 2 heterocycles. The fourth-order valence-electron chi connectivity index (χ4n) is 1.22. The van der Waals surface area contributed by atoms with Crippen molar-refractivity contribution in [3.05, 3.63) is 42.0 Å². The fraction of sp³-hybridized carbons (Fsp3) is 0.524. The van der Waals surface area contributed by atoms with E-state index < -0.39 is 0 Å². The smallest absolute Gasteiger partial charge is 0.0828 e. The summed E-state index contributed by atoms with van der Waals surface area (Å²) in [5.41, 5.74) is 4.16. The second kappa shape index (κ2) is 23.1. The third-order valence-electron chi connectivity index (χ3n) is 2.58. The zero-order valence-electron chi connectivity index (χ0n) is 17.7. The number of hydrogen-bond acceptors (Lipinski definition) is 4. The first kappa shape index (κ1) is 31.8. The van der Waals surface area contributed by atoms with E-state index in [1.165, 1.54) is 5.56 Å². The molecule has 0 atom stereocenters. The minimum atomic E-state index is 0. The van der Waals surface area contributed by atoms with Crippen LogP contribution in [0.2, 0.25) is 0 Å². The van der Waals surface area contributed by atoms with Gasteiger partial charge in [0, 0.05) is 30.5 Å². The first-order valence-electron chi connectivity index (χ1n) is 8.90. The van der Waals surface area contributed by atoms with Crippen LogP contribution in [0.3, 0.4) is 0 Å². The van der Waals surface area contributed by atoms with Crippen LogP contribution in [0.4, 0.5) is 0 Å². The van der Waals surface area contributed by atoms with E-state index in [9.17, 15) is 0 Å². The Kier molecular flexibility index (Phi) is 28.3. The number of thiocarbonyl (C=S) groups is 1. The number of rotatable bonds is 2. The highest BCUT2D eigenvalue weighted by Gasteiger charge is 2.00. The summed E-state index contributed by atoms with van der Waals surface area (Å²) in [7, 11) is 1.72. The summed E-state index contributed by atoms with van der Waals surface area (Å²) < 4.78 is 1.84. The summed E-state index contributed by atoms with van der Waals surface area (Å²) in [5.74, 6) is 0. The lowest BCUT2D eigenvalue weighted by molar-refractivity contribution is 0.857. The largest absolute Gasteiger partial charge is 0.293 e. The number of pyridine rings is 1. The van der Waals surface area contributed by atoms with Crippen molar-refractivity contribution in [1.82, 2.24) is 14.8 Å². The lowest BCUT2D eigenvalue weighted by Gasteiger charge is -1.97. The maximum atomic E-state index is 4.52. The molecular weight excluding hydrogens is 340 g/mol. The summed E-state index contributed by atoms with van der Waals surface area (Å²) in [6.45, 7) is 17.9. The molecule has 4 nitrogen and oxygen atoms in total. The van der Waals surface area contributed by atoms with Gasteiger partial charge in [0.25, 0.3) is 0 Å². The molecule has 0 N–H and O–H groups in total. The van der Waals surface area contributed by atoms with Gasteiger partial charge in [0.1, 0.15) is 0 Å². The lowest BCUT2D eigenvalue weighted by atomic mass is 10.3. The average molecular weight is 381 g/mol. The van der Waals surface area contributed by atoms with Crippen LogP contribution in [0.5, 0.6) is 0 Å². The zero-order chi connectivity index (χ0) is 20.3. The average Bonchev–Trinajstić information content (AvgIpc) is 3.05. The number of nitrogens with zero attached hydrogens (tertiary/aromatic N) is 4. The van der Waals surface area contributed by atoms with E-state index in [1.807, 2.05) is 78.4 Å². The summed E-state index contributed by atoms with van der Waals surface area (Å²) in [6.07, 6.45) is 5.56. The van der Waals surface area contributed by atoms with Gasteiger partial charge < -0.3 is 0 Å². The molecule has 0 unspecified atom stereocenters. The van der Waals surface area contributed by atoms with Crippen molar-refractivity contribution in [2.45, 2.75) is 69.7 Å². The standard InChI is InChI=1S/C10H11N3.C4H7NS.3C2H6.CH4/c1-8-7-13(12-9(8)2)10-4-3-5-11-6-10;1-4(3-6)5-2;3*1-2;/h3-7H,1-2H3;3H,1-2H3;3*1-2H3;1H4. The van der Waals surface area contributed by atoms with Crippen LogP contribution in [0, 0.1) is 13.8 Å². The Balaban J connectivity index is -0.000000160. The van der Waals surface area contributed by atoms with Gasteiger partial charge >= 0.3 is 0 Å². The third-order valence-corrected chi connectivity index (χ3v) is 2.92. The molecule has 0 saturated carbocycles. The molecule has 0 bridgehead atoms. The number of aromatic nitrogens is 3. The zero-order valence-corrected chi connectivity index (χ0v) is 18.5. The van der Waals surface area contributed by atoms with Gasteiger partial charge in [-0.15, -0.1) is 0 Å². The Morgan fingerprint density at radius 1 is 1.12 bits per heavy atom. The molecule has 0 saturated heterocycles. The number of hydrogen-bond donors (Lipinski definition) is 0. The van der Waals surface area contributed by atoms with Gasteiger partial charge in [-0.2, -0.15) is 5.10 Å². The fourth-order valence-corrected chi connectivity index (χ4v) is 1.33. The van der Waals surface area contributed by atoms with Gasteiger partial charge in [-0.05, 0) is 38.5 Å². The highest BCUT2D eigenvalue weighted by Crippen LogP contribution is 2.08.